The highest BCUT2D eigenvalue weighted by Gasteiger charge is 2.18. The standard InChI is InChI=1S/C17H20N4O3/c1-12(19-17(23)13-6-9-24-11-13)16(22)20-14-4-5-15(18-10-14)21-7-2-3-8-21/h4-6,9-12H,2-3,7-8H2,1H3,(H,19,23)(H,20,22)/t12-/m0/s1. The van der Waals surface area contributed by atoms with E-state index in [1.54, 1.807) is 19.2 Å². The van der Waals surface area contributed by atoms with Crippen molar-refractivity contribution >= 4 is 23.3 Å². The highest BCUT2D eigenvalue weighted by Crippen LogP contribution is 2.19. The number of furan rings is 1. The third-order valence-corrected chi connectivity index (χ3v) is 3.97. The van der Waals surface area contributed by atoms with Gasteiger partial charge in [-0.05, 0) is 38.0 Å². The van der Waals surface area contributed by atoms with Crippen LogP contribution in [0.25, 0.3) is 0 Å². The second-order valence-electron chi connectivity index (χ2n) is 5.80. The number of rotatable bonds is 5. The first-order valence-corrected chi connectivity index (χ1v) is 7.98. The molecule has 1 saturated heterocycles. The lowest BCUT2D eigenvalue weighted by molar-refractivity contribution is -0.117. The molecule has 0 spiro atoms. The van der Waals surface area contributed by atoms with Crippen LogP contribution >= 0.6 is 0 Å². The molecule has 0 saturated carbocycles. The number of carbonyl (C=O) groups is 2. The van der Waals surface area contributed by atoms with E-state index in [2.05, 4.69) is 20.5 Å². The van der Waals surface area contributed by atoms with Crippen molar-refractivity contribution in [2.24, 2.45) is 0 Å². The lowest BCUT2D eigenvalue weighted by Gasteiger charge is -2.17. The first-order chi connectivity index (χ1) is 11.6. The lowest BCUT2D eigenvalue weighted by Crippen LogP contribution is -2.41. The number of anilines is 2. The number of aromatic nitrogens is 1. The van der Waals surface area contributed by atoms with E-state index in [1.807, 2.05) is 12.1 Å². The fourth-order valence-electron chi connectivity index (χ4n) is 2.58. The van der Waals surface area contributed by atoms with Gasteiger partial charge in [-0.25, -0.2) is 4.98 Å². The van der Waals surface area contributed by atoms with Crippen molar-refractivity contribution in [2.75, 3.05) is 23.3 Å². The molecule has 24 heavy (non-hydrogen) atoms. The zero-order chi connectivity index (χ0) is 16.9. The van der Waals surface area contributed by atoms with Gasteiger partial charge in [-0.1, -0.05) is 0 Å². The lowest BCUT2D eigenvalue weighted by atomic mass is 10.2. The van der Waals surface area contributed by atoms with Crippen LogP contribution in [0.5, 0.6) is 0 Å². The van der Waals surface area contributed by atoms with Gasteiger partial charge < -0.3 is 20.0 Å². The van der Waals surface area contributed by atoms with E-state index in [0.29, 0.717) is 11.3 Å². The van der Waals surface area contributed by atoms with Crippen LogP contribution in [0.2, 0.25) is 0 Å². The largest absolute Gasteiger partial charge is 0.472 e. The topological polar surface area (TPSA) is 87.5 Å². The monoisotopic (exact) mass is 328 g/mol. The number of nitrogens with zero attached hydrogens (tertiary/aromatic N) is 2. The minimum atomic E-state index is -0.675. The van der Waals surface area contributed by atoms with Crippen LogP contribution < -0.4 is 15.5 Å². The normalized spacial score (nSPS) is 15.1. The van der Waals surface area contributed by atoms with E-state index >= 15 is 0 Å². The van der Waals surface area contributed by atoms with Crippen LogP contribution in [0.15, 0.2) is 41.3 Å². The quantitative estimate of drug-likeness (QED) is 0.877. The summed E-state index contributed by atoms with van der Waals surface area (Å²) in [6, 6.07) is 4.59. The summed E-state index contributed by atoms with van der Waals surface area (Å²) in [5.41, 5.74) is 0.985. The van der Waals surface area contributed by atoms with Crippen molar-refractivity contribution in [3.05, 3.63) is 42.5 Å². The van der Waals surface area contributed by atoms with Gasteiger partial charge in [-0.3, -0.25) is 9.59 Å². The summed E-state index contributed by atoms with van der Waals surface area (Å²) in [6.07, 6.45) is 6.76. The van der Waals surface area contributed by atoms with Crippen molar-refractivity contribution in [3.63, 3.8) is 0 Å². The fraction of sp³-hybridized carbons (Fsp3) is 0.353. The SMILES string of the molecule is C[C@H](NC(=O)c1ccoc1)C(=O)Nc1ccc(N2CCCC2)nc1. The second-order valence-corrected chi connectivity index (χ2v) is 5.80. The van der Waals surface area contributed by atoms with Crippen molar-refractivity contribution in [1.29, 1.82) is 0 Å². The summed E-state index contributed by atoms with van der Waals surface area (Å²) in [5.74, 6) is 0.267. The molecule has 1 aliphatic rings. The maximum atomic E-state index is 12.2. The third-order valence-electron chi connectivity index (χ3n) is 3.97. The molecule has 0 aromatic carbocycles. The molecule has 3 heterocycles. The fourth-order valence-corrected chi connectivity index (χ4v) is 2.58. The van der Waals surface area contributed by atoms with Gasteiger partial charge in [0.05, 0.1) is 23.7 Å². The molecule has 7 nitrogen and oxygen atoms in total. The molecule has 3 rings (SSSR count). The second kappa shape index (κ2) is 7.16. The molecule has 1 fully saturated rings. The minimum absolute atomic E-state index is 0.303. The zero-order valence-corrected chi connectivity index (χ0v) is 13.5. The van der Waals surface area contributed by atoms with Crippen molar-refractivity contribution in [1.82, 2.24) is 10.3 Å². The Morgan fingerprint density at radius 1 is 1.25 bits per heavy atom. The average molecular weight is 328 g/mol. The highest BCUT2D eigenvalue weighted by atomic mass is 16.3. The Balaban J connectivity index is 1.54. The zero-order valence-electron chi connectivity index (χ0n) is 13.5. The minimum Gasteiger partial charge on any atom is -0.472 e. The van der Waals surface area contributed by atoms with Crippen LogP contribution in [0.3, 0.4) is 0 Å². The van der Waals surface area contributed by atoms with Gasteiger partial charge in [-0.2, -0.15) is 0 Å². The molecule has 0 unspecified atom stereocenters. The predicted octanol–water partition coefficient (Wildman–Crippen LogP) is 2.03. The van der Waals surface area contributed by atoms with E-state index in [4.69, 9.17) is 4.42 Å². The molecular formula is C17H20N4O3. The van der Waals surface area contributed by atoms with Crippen molar-refractivity contribution in [2.45, 2.75) is 25.8 Å². The maximum Gasteiger partial charge on any atom is 0.255 e. The summed E-state index contributed by atoms with van der Waals surface area (Å²) in [7, 11) is 0. The highest BCUT2D eigenvalue weighted by molar-refractivity contribution is 6.00. The molecule has 1 atom stereocenters. The number of hydrogen-bond acceptors (Lipinski definition) is 5. The third kappa shape index (κ3) is 3.73. The van der Waals surface area contributed by atoms with Crippen LogP contribution in [-0.2, 0) is 4.79 Å². The van der Waals surface area contributed by atoms with Gasteiger partial charge >= 0.3 is 0 Å². The summed E-state index contributed by atoms with van der Waals surface area (Å²) >= 11 is 0. The van der Waals surface area contributed by atoms with Crippen LogP contribution in [-0.4, -0.2) is 35.9 Å². The summed E-state index contributed by atoms with van der Waals surface area (Å²) in [5, 5.41) is 5.37. The van der Waals surface area contributed by atoms with Crippen LogP contribution in [0.1, 0.15) is 30.1 Å². The van der Waals surface area contributed by atoms with E-state index < -0.39 is 6.04 Å². The van der Waals surface area contributed by atoms with Crippen LogP contribution in [0.4, 0.5) is 11.5 Å². The Morgan fingerprint density at radius 3 is 2.67 bits per heavy atom. The number of pyridine rings is 1. The van der Waals surface area contributed by atoms with Gasteiger partial charge in [-0.15, -0.1) is 0 Å². The molecule has 2 aromatic heterocycles. The molecule has 126 valence electrons. The van der Waals surface area contributed by atoms with E-state index in [9.17, 15) is 9.59 Å². The Bertz CT molecular complexity index is 691. The molecule has 2 N–H and O–H groups in total. The smallest absolute Gasteiger partial charge is 0.255 e. The molecular weight excluding hydrogens is 308 g/mol. The Labute approximate surface area is 140 Å². The Morgan fingerprint density at radius 2 is 2.04 bits per heavy atom. The first-order valence-electron chi connectivity index (χ1n) is 7.98. The molecule has 0 aliphatic carbocycles. The average Bonchev–Trinajstić information content (AvgIpc) is 3.29. The van der Waals surface area contributed by atoms with Gasteiger partial charge in [0.25, 0.3) is 5.91 Å². The van der Waals surface area contributed by atoms with Crippen molar-refractivity contribution in [3.8, 4) is 0 Å². The van der Waals surface area contributed by atoms with E-state index in [-0.39, 0.29) is 11.8 Å². The molecule has 7 heteroatoms. The number of amides is 2. The summed E-state index contributed by atoms with van der Waals surface area (Å²) < 4.78 is 4.85. The van der Waals surface area contributed by atoms with Crippen molar-refractivity contribution < 1.29 is 14.0 Å². The molecule has 0 radical (unpaired) electrons. The predicted molar refractivity (Wildman–Crippen MR) is 89.9 cm³/mol. The molecule has 2 aromatic rings. The Hall–Kier alpha value is -2.83. The Kier molecular flexibility index (Phi) is 4.79. The van der Waals surface area contributed by atoms with Crippen LogP contribution in [0, 0.1) is 0 Å². The number of hydrogen-bond donors (Lipinski definition) is 2. The molecule has 0 bridgehead atoms. The number of nitrogens with one attached hydrogen (secondary N) is 2. The first kappa shape index (κ1) is 16.0. The molecule has 2 amide bonds. The van der Waals surface area contributed by atoms with E-state index in [0.717, 1.165) is 18.9 Å². The number of carbonyl (C=O) groups excluding carboxylic acids is 2. The van der Waals surface area contributed by atoms with Gasteiger partial charge in [0.1, 0.15) is 18.1 Å². The van der Waals surface area contributed by atoms with Gasteiger partial charge in [0.15, 0.2) is 0 Å². The molecule has 1 aliphatic heterocycles. The summed E-state index contributed by atoms with van der Waals surface area (Å²) in [4.78, 5) is 30.7. The van der Waals surface area contributed by atoms with Gasteiger partial charge in [0, 0.05) is 13.1 Å². The maximum absolute atomic E-state index is 12.2. The van der Waals surface area contributed by atoms with E-state index in [1.165, 1.54) is 25.4 Å². The van der Waals surface area contributed by atoms with Gasteiger partial charge in [0.2, 0.25) is 5.91 Å². The summed E-state index contributed by atoms with van der Waals surface area (Å²) in [6.45, 7) is 3.67.